The van der Waals surface area contributed by atoms with Crippen molar-refractivity contribution >= 4 is 28.5 Å². The monoisotopic (exact) mass is 404 g/mol. The fraction of sp³-hybridized carbons (Fsp3) is 0.143. The smallest absolute Gasteiger partial charge is 0.329 e. The summed E-state index contributed by atoms with van der Waals surface area (Å²) < 4.78 is 4.58. The van der Waals surface area contributed by atoms with Crippen LogP contribution in [0.25, 0.3) is 16.7 Å². The summed E-state index contributed by atoms with van der Waals surface area (Å²) in [6.07, 6.45) is 3.51. The molecular formula is C21H20N6O3. The van der Waals surface area contributed by atoms with Gasteiger partial charge in [0, 0.05) is 25.1 Å². The van der Waals surface area contributed by atoms with Crippen LogP contribution in [0.3, 0.4) is 0 Å². The Kier molecular flexibility index (Phi) is 5.17. The Hall–Kier alpha value is -4.14. The molecule has 4 rings (SSSR count). The second-order valence-corrected chi connectivity index (χ2v) is 6.74. The van der Waals surface area contributed by atoms with Crippen molar-refractivity contribution in [1.29, 1.82) is 0 Å². The first-order valence-corrected chi connectivity index (χ1v) is 9.34. The van der Waals surface area contributed by atoms with Gasteiger partial charge in [0.05, 0.1) is 23.3 Å². The molecule has 2 aromatic heterocycles. The molecule has 30 heavy (non-hydrogen) atoms. The Morgan fingerprint density at radius 2 is 1.70 bits per heavy atom. The number of para-hydroxylation sites is 2. The third kappa shape index (κ3) is 3.86. The number of carbonyl (C=O) groups excluding carboxylic acids is 2. The van der Waals surface area contributed by atoms with Crippen molar-refractivity contribution in [3.8, 4) is 5.69 Å². The van der Waals surface area contributed by atoms with Gasteiger partial charge in [0.2, 0.25) is 11.8 Å². The molecule has 4 aromatic rings. The number of amides is 2. The highest BCUT2D eigenvalue weighted by molar-refractivity contribution is 5.94. The first-order chi connectivity index (χ1) is 14.5. The molecule has 0 unspecified atom stereocenters. The van der Waals surface area contributed by atoms with Gasteiger partial charge in [-0.15, -0.1) is 0 Å². The predicted molar refractivity (Wildman–Crippen MR) is 112 cm³/mol. The van der Waals surface area contributed by atoms with Gasteiger partial charge in [-0.1, -0.05) is 12.1 Å². The lowest BCUT2D eigenvalue weighted by Gasteiger charge is -2.08. The van der Waals surface area contributed by atoms with Crippen LogP contribution < -0.4 is 16.3 Å². The number of hydrogen-bond acceptors (Lipinski definition) is 4. The minimum Gasteiger partial charge on any atom is -0.345 e. The van der Waals surface area contributed by atoms with E-state index in [1.807, 2.05) is 36.5 Å². The highest BCUT2D eigenvalue weighted by Gasteiger charge is 2.14. The SMILES string of the molecule is Cn1c(=O)n(CC(=O)NCC(=O)Nc2ccc(-n3cccn3)cc2)c2ccccc21. The lowest BCUT2D eigenvalue weighted by atomic mass is 10.3. The highest BCUT2D eigenvalue weighted by atomic mass is 16.2. The summed E-state index contributed by atoms with van der Waals surface area (Å²) in [7, 11) is 1.66. The minimum atomic E-state index is -0.419. The summed E-state index contributed by atoms with van der Waals surface area (Å²) in [5.74, 6) is -0.780. The minimum absolute atomic E-state index is 0.161. The number of aryl methyl sites for hydroxylation is 1. The number of fused-ring (bicyclic) bond motifs is 1. The Morgan fingerprint density at radius 3 is 2.40 bits per heavy atom. The number of carbonyl (C=O) groups is 2. The van der Waals surface area contributed by atoms with Gasteiger partial charge in [-0.3, -0.25) is 18.7 Å². The average Bonchev–Trinajstić information content (AvgIpc) is 3.37. The Balaban J connectivity index is 1.34. The molecule has 9 heteroatoms. The average molecular weight is 404 g/mol. The van der Waals surface area contributed by atoms with Gasteiger partial charge in [0.1, 0.15) is 6.54 Å². The Bertz CT molecular complexity index is 1250. The van der Waals surface area contributed by atoms with Crippen LogP contribution in [0.15, 0.2) is 71.8 Å². The van der Waals surface area contributed by atoms with E-state index in [-0.39, 0.29) is 24.7 Å². The molecule has 2 heterocycles. The quantitative estimate of drug-likeness (QED) is 0.505. The van der Waals surface area contributed by atoms with Crippen LogP contribution in [0.2, 0.25) is 0 Å². The number of hydrogen-bond donors (Lipinski definition) is 2. The van der Waals surface area contributed by atoms with Crippen LogP contribution in [-0.2, 0) is 23.2 Å². The molecule has 0 saturated carbocycles. The molecule has 2 amide bonds. The lowest BCUT2D eigenvalue weighted by Crippen LogP contribution is -2.37. The van der Waals surface area contributed by atoms with Crippen molar-refractivity contribution in [2.24, 2.45) is 7.05 Å². The van der Waals surface area contributed by atoms with Gasteiger partial charge in [-0.25, -0.2) is 9.48 Å². The molecule has 0 radical (unpaired) electrons. The third-order valence-corrected chi connectivity index (χ3v) is 4.72. The number of nitrogens with zero attached hydrogens (tertiary/aromatic N) is 4. The summed E-state index contributed by atoms with van der Waals surface area (Å²) >= 11 is 0. The first kappa shape index (κ1) is 19.2. The zero-order chi connectivity index (χ0) is 21.1. The predicted octanol–water partition coefficient (Wildman–Crippen LogP) is 1.28. The standard InChI is InChI=1S/C21H20N6O3/c1-25-17-5-2-3-6-18(17)26(21(25)30)14-20(29)22-13-19(28)24-15-7-9-16(10-8-15)27-12-4-11-23-27/h2-12H,13-14H2,1H3,(H,22,29)(H,24,28). The zero-order valence-electron chi connectivity index (χ0n) is 16.3. The van der Waals surface area contributed by atoms with Crippen LogP contribution in [0.1, 0.15) is 0 Å². The third-order valence-electron chi connectivity index (χ3n) is 4.72. The number of nitrogens with one attached hydrogen (secondary N) is 2. The molecule has 0 bridgehead atoms. The second kappa shape index (κ2) is 8.08. The van der Waals surface area contributed by atoms with Crippen LogP contribution in [-0.4, -0.2) is 37.3 Å². The maximum Gasteiger partial charge on any atom is 0.329 e. The fourth-order valence-electron chi connectivity index (χ4n) is 3.22. The second-order valence-electron chi connectivity index (χ2n) is 6.74. The maximum atomic E-state index is 12.4. The van der Waals surface area contributed by atoms with Gasteiger partial charge in [-0.2, -0.15) is 5.10 Å². The van der Waals surface area contributed by atoms with Gasteiger partial charge in [-0.05, 0) is 42.5 Å². The van der Waals surface area contributed by atoms with Crippen molar-refractivity contribution in [3.63, 3.8) is 0 Å². The number of benzene rings is 2. The van der Waals surface area contributed by atoms with Crippen LogP contribution in [0.5, 0.6) is 0 Å². The van der Waals surface area contributed by atoms with Gasteiger partial charge in [0.25, 0.3) is 0 Å². The number of rotatable bonds is 6. The first-order valence-electron chi connectivity index (χ1n) is 9.34. The van der Waals surface area contributed by atoms with Crippen molar-refractivity contribution in [1.82, 2.24) is 24.2 Å². The van der Waals surface area contributed by atoms with Crippen LogP contribution in [0.4, 0.5) is 5.69 Å². The molecule has 0 saturated heterocycles. The molecule has 152 valence electrons. The maximum absolute atomic E-state index is 12.4. The lowest BCUT2D eigenvalue weighted by molar-refractivity contribution is -0.124. The van der Waals surface area contributed by atoms with Gasteiger partial charge in [0.15, 0.2) is 0 Å². The van der Waals surface area contributed by atoms with Crippen molar-refractivity contribution < 1.29 is 9.59 Å². The van der Waals surface area contributed by atoms with E-state index in [1.54, 1.807) is 42.2 Å². The topological polar surface area (TPSA) is 103 Å². The largest absolute Gasteiger partial charge is 0.345 e. The summed E-state index contributed by atoms with van der Waals surface area (Å²) in [5.41, 5.74) is 2.60. The van der Waals surface area contributed by atoms with E-state index in [2.05, 4.69) is 15.7 Å². The molecule has 2 N–H and O–H groups in total. The zero-order valence-corrected chi connectivity index (χ0v) is 16.3. The number of aromatic nitrogens is 4. The normalized spacial score (nSPS) is 10.8. The van der Waals surface area contributed by atoms with Crippen LogP contribution in [0, 0.1) is 0 Å². The number of anilines is 1. The molecule has 2 aromatic carbocycles. The molecule has 0 aliphatic carbocycles. The van der Waals surface area contributed by atoms with E-state index in [4.69, 9.17) is 0 Å². The van der Waals surface area contributed by atoms with Crippen molar-refractivity contribution in [2.45, 2.75) is 6.54 Å². The van der Waals surface area contributed by atoms with E-state index < -0.39 is 5.91 Å². The molecule has 0 fully saturated rings. The van der Waals surface area contributed by atoms with Crippen molar-refractivity contribution in [3.05, 3.63) is 77.5 Å². The van der Waals surface area contributed by atoms with E-state index in [0.717, 1.165) is 11.2 Å². The summed E-state index contributed by atoms with van der Waals surface area (Å²) in [6, 6.07) is 16.2. The summed E-state index contributed by atoms with van der Waals surface area (Å²) in [4.78, 5) is 36.8. The van der Waals surface area contributed by atoms with Gasteiger partial charge < -0.3 is 10.6 Å². The van der Waals surface area contributed by atoms with Crippen molar-refractivity contribution in [2.75, 3.05) is 11.9 Å². The molecular weight excluding hydrogens is 384 g/mol. The number of imidazole rings is 1. The molecule has 9 nitrogen and oxygen atoms in total. The van der Waals surface area contributed by atoms with E-state index in [0.29, 0.717) is 11.2 Å². The molecule has 0 atom stereocenters. The molecule has 0 spiro atoms. The highest BCUT2D eigenvalue weighted by Crippen LogP contribution is 2.13. The summed E-state index contributed by atoms with van der Waals surface area (Å²) in [5, 5.41) is 9.42. The fourth-order valence-corrected chi connectivity index (χ4v) is 3.22. The molecule has 0 aliphatic heterocycles. The van der Waals surface area contributed by atoms with E-state index in [9.17, 15) is 14.4 Å². The Labute approximate surface area is 171 Å². The van der Waals surface area contributed by atoms with Crippen LogP contribution >= 0.6 is 0 Å². The van der Waals surface area contributed by atoms with E-state index in [1.165, 1.54) is 9.13 Å². The summed E-state index contributed by atoms with van der Waals surface area (Å²) in [6.45, 7) is -0.356. The Morgan fingerprint density at radius 1 is 0.967 bits per heavy atom. The molecule has 0 aliphatic rings. The van der Waals surface area contributed by atoms with E-state index >= 15 is 0 Å². The van der Waals surface area contributed by atoms with Gasteiger partial charge >= 0.3 is 5.69 Å².